The molecule has 2 heterocycles. The average Bonchev–Trinajstić information content (AvgIpc) is 3.48. The Morgan fingerprint density at radius 2 is 2.03 bits per heavy atom. The highest BCUT2D eigenvalue weighted by Gasteiger charge is 2.48. The van der Waals surface area contributed by atoms with Gasteiger partial charge in [-0.3, -0.25) is 4.79 Å². The van der Waals surface area contributed by atoms with Crippen LogP contribution in [0.5, 0.6) is 11.5 Å². The summed E-state index contributed by atoms with van der Waals surface area (Å²) >= 11 is 5.94. The number of aromatic nitrogens is 2. The Hall–Kier alpha value is -3.14. The van der Waals surface area contributed by atoms with Gasteiger partial charge < -0.3 is 29.1 Å². The van der Waals surface area contributed by atoms with Crippen molar-refractivity contribution in [3.8, 4) is 22.9 Å². The normalized spacial score (nSPS) is 20.6. The first kappa shape index (κ1) is 25.0. The van der Waals surface area contributed by atoms with Gasteiger partial charge in [0.25, 0.3) is 5.89 Å². The van der Waals surface area contributed by atoms with Crippen LogP contribution in [-0.2, 0) is 11.4 Å². The van der Waals surface area contributed by atoms with E-state index in [1.807, 2.05) is 19.1 Å². The fraction of sp³-hybridized carbons (Fsp3) is 0.400. The fourth-order valence-corrected chi connectivity index (χ4v) is 4.53. The number of hydrogen-bond donors (Lipinski definition) is 2. The maximum Gasteiger partial charge on any atom is 0.264 e. The molecule has 1 amide bonds. The monoisotopic (exact) mass is 501 g/mol. The number of carbonyl (C=O) groups excluding carboxylic acids is 1. The minimum absolute atomic E-state index is 0.0217. The number of hydrogen-bond acceptors (Lipinski definition) is 8. The van der Waals surface area contributed by atoms with E-state index in [4.69, 9.17) is 25.6 Å². The maximum absolute atomic E-state index is 12.2. The zero-order chi connectivity index (χ0) is 25.2. The van der Waals surface area contributed by atoms with Crippen molar-refractivity contribution in [3.05, 3.63) is 58.9 Å². The highest BCUT2D eigenvalue weighted by Crippen LogP contribution is 2.46. The number of methoxy groups -OCH3 is 1. The highest BCUT2D eigenvalue weighted by atomic mass is 35.5. The van der Waals surface area contributed by atoms with Gasteiger partial charge >= 0.3 is 0 Å². The number of nitrogens with zero attached hydrogens (tertiary/aromatic N) is 3. The summed E-state index contributed by atoms with van der Waals surface area (Å²) in [7, 11) is 1.55. The van der Waals surface area contributed by atoms with Gasteiger partial charge in [-0.1, -0.05) is 29.7 Å². The lowest BCUT2D eigenvalue weighted by Gasteiger charge is -2.33. The van der Waals surface area contributed by atoms with Crippen LogP contribution in [0.1, 0.15) is 31.2 Å². The predicted molar refractivity (Wildman–Crippen MR) is 128 cm³/mol. The van der Waals surface area contributed by atoms with Gasteiger partial charge in [0.2, 0.25) is 11.7 Å². The number of carbonyl (C=O) groups is 1. The molecule has 0 radical (unpaired) electrons. The van der Waals surface area contributed by atoms with Gasteiger partial charge in [0, 0.05) is 35.0 Å². The van der Waals surface area contributed by atoms with Gasteiger partial charge in [0.1, 0.15) is 6.61 Å². The van der Waals surface area contributed by atoms with E-state index in [-0.39, 0.29) is 24.3 Å². The molecule has 10 heteroatoms. The third-order valence-corrected chi connectivity index (χ3v) is 6.94. The molecular weight excluding hydrogens is 474 g/mol. The minimum Gasteiger partial charge on any atom is -0.493 e. The number of amides is 1. The van der Waals surface area contributed by atoms with E-state index >= 15 is 0 Å². The molecule has 0 bridgehead atoms. The summed E-state index contributed by atoms with van der Waals surface area (Å²) in [5.41, 5.74) is 1.05. The van der Waals surface area contributed by atoms with Crippen molar-refractivity contribution in [1.82, 2.24) is 15.0 Å². The number of aliphatic hydroxyl groups is 2. The van der Waals surface area contributed by atoms with Crippen LogP contribution in [0.15, 0.2) is 47.0 Å². The van der Waals surface area contributed by atoms with Crippen LogP contribution in [0, 0.1) is 5.41 Å². The summed E-state index contributed by atoms with van der Waals surface area (Å²) in [5, 5.41) is 24.5. The van der Waals surface area contributed by atoms with Crippen LogP contribution in [0.2, 0.25) is 5.02 Å². The Balaban J connectivity index is 1.55. The van der Waals surface area contributed by atoms with Crippen molar-refractivity contribution >= 4 is 17.5 Å². The Bertz CT molecular complexity index is 1180. The highest BCUT2D eigenvalue weighted by molar-refractivity contribution is 6.30. The van der Waals surface area contributed by atoms with Crippen LogP contribution in [0.25, 0.3) is 11.4 Å². The molecule has 9 nitrogen and oxygen atoms in total. The van der Waals surface area contributed by atoms with Crippen molar-refractivity contribution in [2.45, 2.75) is 32.5 Å². The maximum atomic E-state index is 12.2. The molecule has 2 N–H and O–H groups in total. The predicted octanol–water partition coefficient (Wildman–Crippen LogP) is 3.28. The summed E-state index contributed by atoms with van der Waals surface area (Å²) in [6, 6.07) is 12.6. The molecule has 0 spiro atoms. The molecule has 186 valence electrons. The van der Waals surface area contributed by atoms with E-state index in [1.54, 1.807) is 49.3 Å². The van der Waals surface area contributed by atoms with Crippen LogP contribution >= 0.6 is 11.6 Å². The third kappa shape index (κ3) is 5.12. The van der Waals surface area contributed by atoms with E-state index in [0.29, 0.717) is 35.4 Å². The van der Waals surface area contributed by atoms with E-state index in [1.165, 1.54) is 0 Å². The molecule has 3 aromatic rings. The number of benzene rings is 2. The van der Waals surface area contributed by atoms with E-state index in [2.05, 4.69) is 10.1 Å². The number of rotatable bonds is 8. The second-order valence-corrected chi connectivity index (χ2v) is 9.32. The molecule has 1 saturated heterocycles. The minimum atomic E-state index is -0.680. The topological polar surface area (TPSA) is 118 Å². The van der Waals surface area contributed by atoms with Crippen molar-refractivity contribution in [2.75, 3.05) is 26.8 Å². The molecule has 1 aromatic heterocycles. The Kier molecular flexibility index (Phi) is 7.30. The number of ether oxygens (including phenoxy) is 2. The fourth-order valence-electron chi connectivity index (χ4n) is 4.41. The zero-order valence-corrected chi connectivity index (χ0v) is 20.5. The van der Waals surface area contributed by atoms with E-state index < -0.39 is 18.1 Å². The summed E-state index contributed by atoms with van der Waals surface area (Å²) in [6.45, 7) is 3.83. The molecule has 4 rings (SSSR count). The zero-order valence-electron chi connectivity index (χ0n) is 19.8. The van der Waals surface area contributed by atoms with E-state index in [0.717, 1.165) is 11.1 Å². The molecule has 0 aliphatic carbocycles. The number of aliphatic hydroxyl groups excluding tert-OH is 2. The lowest BCUT2D eigenvalue weighted by Crippen LogP contribution is -2.38. The average molecular weight is 502 g/mol. The van der Waals surface area contributed by atoms with Crippen molar-refractivity contribution < 1.29 is 29.0 Å². The molecule has 3 unspecified atom stereocenters. The van der Waals surface area contributed by atoms with Crippen LogP contribution < -0.4 is 9.47 Å². The smallest absolute Gasteiger partial charge is 0.264 e. The standard InChI is InChI=1S/C25H28ClN3O6/c1-15(31)25(2)14-29(23(32)12-30)11-19(25)17-6-9-20(33-3)21(10-17)34-13-22-27-24(28-35-22)16-4-7-18(26)8-5-16/h4-10,15,19,30-31H,11-14H2,1-3H3. The van der Waals surface area contributed by atoms with Gasteiger partial charge in [-0.25, -0.2) is 0 Å². The molecule has 0 saturated carbocycles. The van der Waals surface area contributed by atoms with Crippen LogP contribution in [-0.4, -0.2) is 64.1 Å². The van der Waals surface area contributed by atoms with Crippen molar-refractivity contribution in [1.29, 1.82) is 0 Å². The second-order valence-electron chi connectivity index (χ2n) is 8.88. The lowest BCUT2D eigenvalue weighted by molar-refractivity contribution is -0.133. The largest absolute Gasteiger partial charge is 0.493 e. The number of halogens is 1. The first-order valence-electron chi connectivity index (χ1n) is 11.2. The Morgan fingerprint density at radius 3 is 2.69 bits per heavy atom. The van der Waals surface area contributed by atoms with Gasteiger partial charge in [0.05, 0.1) is 13.2 Å². The van der Waals surface area contributed by atoms with Crippen molar-refractivity contribution in [3.63, 3.8) is 0 Å². The Morgan fingerprint density at radius 1 is 1.29 bits per heavy atom. The molecule has 35 heavy (non-hydrogen) atoms. The van der Waals surface area contributed by atoms with E-state index in [9.17, 15) is 15.0 Å². The van der Waals surface area contributed by atoms with Crippen LogP contribution in [0.3, 0.4) is 0 Å². The molecular formula is C25H28ClN3O6. The first-order chi connectivity index (χ1) is 16.7. The summed E-state index contributed by atoms with van der Waals surface area (Å²) in [5.74, 6) is 1.16. The van der Waals surface area contributed by atoms with Gasteiger partial charge in [-0.05, 0) is 48.9 Å². The summed E-state index contributed by atoms with van der Waals surface area (Å²) < 4.78 is 16.8. The number of likely N-dealkylation sites (tertiary alicyclic amines) is 1. The quantitative estimate of drug-likeness (QED) is 0.482. The lowest BCUT2D eigenvalue weighted by atomic mass is 9.72. The molecule has 1 aliphatic rings. The van der Waals surface area contributed by atoms with Crippen molar-refractivity contribution in [2.24, 2.45) is 5.41 Å². The first-order valence-corrected chi connectivity index (χ1v) is 11.6. The molecule has 1 aliphatic heterocycles. The third-order valence-electron chi connectivity index (χ3n) is 6.68. The van der Waals surface area contributed by atoms with Crippen LogP contribution in [0.4, 0.5) is 0 Å². The van der Waals surface area contributed by atoms with Gasteiger partial charge in [-0.15, -0.1) is 0 Å². The van der Waals surface area contributed by atoms with Gasteiger partial charge in [0.15, 0.2) is 18.1 Å². The molecule has 3 atom stereocenters. The summed E-state index contributed by atoms with van der Waals surface area (Å²) in [6.07, 6.45) is -0.680. The molecule has 2 aromatic carbocycles. The molecule has 1 fully saturated rings. The van der Waals surface area contributed by atoms with Gasteiger partial charge in [-0.2, -0.15) is 4.98 Å². The second kappa shape index (κ2) is 10.2. The SMILES string of the molecule is COc1ccc(C2CN(C(=O)CO)CC2(C)C(C)O)cc1OCc1nc(-c2ccc(Cl)cc2)no1. The summed E-state index contributed by atoms with van der Waals surface area (Å²) in [4.78, 5) is 18.1. The Labute approximate surface area is 208 Å².